The monoisotopic (exact) mass is 393 g/mol. The molecule has 2 heterocycles. The standard InChI is InChI=1S/C16H19N5OS3/c1-3-18-15-20-21-16(25-15)23-8-13(22)19-14-11(7-17)10-5-4-9(2)6-12(10)24-14/h9H,3-6,8H2,1-2H3,(H,18,20)(H,19,22)/t9-/m1/s1. The number of carbonyl (C=O) groups excluding carboxylic acids is 1. The van der Waals surface area contributed by atoms with Gasteiger partial charge in [-0.3, -0.25) is 4.79 Å². The van der Waals surface area contributed by atoms with Gasteiger partial charge >= 0.3 is 0 Å². The molecule has 2 N–H and O–H groups in total. The van der Waals surface area contributed by atoms with Gasteiger partial charge in [0.25, 0.3) is 0 Å². The molecule has 1 atom stereocenters. The molecule has 0 aliphatic heterocycles. The zero-order chi connectivity index (χ0) is 17.8. The van der Waals surface area contributed by atoms with Crippen molar-refractivity contribution >= 4 is 50.5 Å². The van der Waals surface area contributed by atoms with Crippen molar-refractivity contribution < 1.29 is 4.79 Å². The van der Waals surface area contributed by atoms with Gasteiger partial charge < -0.3 is 10.6 Å². The van der Waals surface area contributed by atoms with E-state index < -0.39 is 0 Å². The molecular formula is C16H19N5OS3. The van der Waals surface area contributed by atoms with Crippen LogP contribution in [0.1, 0.15) is 36.3 Å². The minimum absolute atomic E-state index is 0.117. The maximum absolute atomic E-state index is 12.3. The Labute approximate surface area is 159 Å². The van der Waals surface area contributed by atoms with Gasteiger partial charge in [-0.1, -0.05) is 30.0 Å². The minimum Gasteiger partial charge on any atom is -0.360 e. The number of nitrogens with one attached hydrogen (secondary N) is 2. The average Bonchev–Trinajstić information content (AvgIpc) is 3.16. The first-order valence-electron chi connectivity index (χ1n) is 8.15. The number of anilines is 2. The van der Waals surface area contributed by atoms with Crippen LogP contribution in [0, 0.1) is 17.2 Å². The Kier molecular flexibility index (Phi) is 5.93. The second kappa shape index (κ2) is 8.17. The molecule has 3 rings (SSSR count). The summed E-state index contributed by atoms with van der Waals surface area (Å²) in [4.78, 5) is 13.5. The molecule has 2 aromatic rings. The second-order valence-corrected chi connectivity index (χ2v) is 9.21. The Bertz CT molecular complexity index is 807. The molecular weight excluding hydrogens is 374 g/mol. The second-order valence-electron chi connectivity index (χ2n) is 5.91. The quantitative estimate of drug-likeness (QED) is 0.726. The fourth-order valence-electron chi connectivity index (χ4n) is 2.74. The van der Waals surface area contributed by atoms with E-state index in [0.29, 0.717) is 16.5 Å². The maximum atomic E-state index is 12.3. The fourth-order valence-corrected chi connectivity index (χ4v) is 5.74. The Morgan fingerprint density at radius 1 is 1.44 bits per heavy atom. The first-order valence-corrected chi connectivity index (χ1v) is 10.8. The molecule has 0 fully saturated rings. The third kappa shape index (κ3) is 4.32. The van der Waals surface area contributed by atoms with Gasteiger partial charge in [0.2, 0.25) is 11.0 Å². The number of carbonyl (C=O) groups is 1. The number of aromatic nitrogens is 2. The lowest BCUT2D eigenvalue weighted by Crippen LogP contribution is -2.14. The molecule has 0 saturated carbocycles. The lowest BCUT2D eigenvalue weighted by Gasteiger charge is -2.17. The fraction of sp³-hybridized carbons (Fsp3) is 0.500. The van der Waals surface area contributed by atoms with Crippen LogP contribution in [0.4, 0.5) is 10.1 Å². The molecule has 9 heteroatoms. The molecule has 2 aromatic heterocycles. The summed E-state index contributed by atoms with van der Waals surface area (Å²) < 4.78 is 0.755. The first-order chi connectivity index (χ1) is 12.1. The number of rotatable bonds is 6. The van der Waals surface area contributed by atoms with Crippen LogP contribution < -0.4 is 10.6 Å². The van der Waals surface area contributed by atoms with Crippen molar-refractivity contribution in [3.05, 3.63) is 16.0 Å². The summed E-state index contributed by atoms with van der Waals surface area (Å²) in [6, 6.07) is 2.28. The van der Waals surface area contributed by atoms with E-state index in [2.05, 4.69) is 33.8 Å². The summed E-state index contributed by atoms with van der Waals surface area (Å²) in [5, 5.41) is 25.0. The number of nitriles is 1. The highest BCUT2D eigenvalue weighted by Gasteiger charge is 2.24. The van der Waals surface area contributed by atoms with Crippen LogP contribution in [0.2, 0.25) is 0 Å². The largest absolute Gasteiger partial charge is 0.360 e. The van der Waals surface area contributed by atoms with Gasteiger partial charge in [0.15, 0.2) is 4.34 Å². The number of thioether (sulfide) groups is 1. The summed E-state index contributed by atoms with van der Waals surface area (Å²) >= 11 is 4.35. The molecule has 0 unspecified atom stereocenters. The normalized spacial score (nSPS) is 16.1. The van der Waals surface area contributed by atoms with Crippen molar-refractivity contribution in [2.45, 2.75) is 37.4 Å². The third-order valence-electron chi connectivity index (χ3n) is 3.94. The predicted molar refractivity (Wildman–Crippen MR) is 104 cm³/mol. The number of fused-ring (bicyclic) bond motifs is 1. The number of hydrogen-bond acceptors (Lipinski definition) is 8. The SMILES string of the molecule is CCNc1nnc(SCC(=O)Nc2sc3c(c2C#N)CC[C@@H](C)C3)s1. The third-order valence-corrected chi connectivity index (χ3v) is 7.12. The van der Waals surface area contributed by atoms with Crippen LogP contribution in [0.25, 0.3) is 0 Å². The van der Waals surface area contributed by atoms with Gasteiger partial charge in [0.05, 0.1) is 11.3 Å². The summed E-state index contributed by atoms with van der Waals surface area (Å²) in [6.45, 7) is 5.02. The van der Waals surface area contributed by atoms with Crippen LogP contribution in [0.5, 0.6) is 0 Å². The van der Waals surface area contributed by atoms with Gasteiger partial charge in [-0.2, -0.15) is 5.26 Å². The van der Waals surface area contributed by atoms with Crippen molar-refractivity contribution in [3.63, 3.8) is 0 Å². The Balaban J connectivity index is 1.62. The number of hydrogen-bond donors (Lipinski definition) is 2. The van der Waals surface area contributed by atoms with E-state index in [0.717, 1.165) is 40.8 Å². The predicted octanol–water partition coefficient (Wildman–Crippen LogP) is 3.76. The van der Waals surface area contributed by atoms with Crippen LogP contribution in [0.3, 0.4) is 0 Å². The molecule has 0 radical (unpaired) electrons. The van der Waals surface area contributed by atoms with Crippen molar-refractivity contribution in [3.8, 4) is 6.07 Å². The van der Waals surface area contributed by atoms with Gasteiger partial charge in [-0.15, -0.1) is 21.5 Å². The first kappa shape index (κ1) is 18.2. The van der Waals surface area contributed by atoms with E-state index in [1.165, 1.54) is 28.0 Å². The van der Waals surface area contributed by atoms with Crippen molar-refractivity contribution in [2.24, 2.45) is 5.92 Å². The molecule has 25 heavy (non-hydrogen) atoms. The Morgan fingerprint density at radius 3 is 3.04 bits per heavy atom. The van der Waals surface area contributed by atoms with Gasteiger partial charge in [-0.25, -0.2) is 0 Å². The Morgan fingerprint density at radius 2 is 2.28 bits per heavy atom. The van der Waals surface area contributed by atoms with E-state index in [-0.39, 0.29) is 11.7 Å². The minimum atomic E-state index is -0.117. The van der Waals surface area contributed by atoms with Crippen LogP contribution >= 0.6 is 34.4 Å². The summed E-state index contributed by atoms with van der Waals surface area (Å²) in [5.41, 5.74) is 1.78. The number of amides is 1. The van der Waals surface area contributed by atoms with Gasteiger partial charge in [0, 0.05) is 11.4 Å². The van der Waals surface area contributed by atoms with E-state index >= 15 is 0 Å². The molecule has 0 saturated heterocycles. The van der Waals surface area contributed by atoms with Crippen molar-refractivity contribution in [2.75, 3.05) is 22.9 Å². The Hall–Kier alpha value is -1.63. The molecule has 1 amide bonds. The van der Waals surface area contributed by atoms with E-state index in [9.17, 15) is 10.1 Å². The summed E-state index contributed by atoms with van der Waals surface area (Å²) in [7, 11) is 0. The highest BCUT2D eigenvalue weighted by Crippen LogP contribution is 2.39. The zero-order valence-electron chi connectivity index (χ0n) is 14.1. The van der Waals surface area contributed by atoms with E-state index in [1.807, 2.05) is 6.92 Å². The lowest BCUT2D eigenvalue weighted by atomic mass is 9.89. The van der Waals surface area contributed by atoms with Crippen LogP contribution in [0.15, 0.2) is 4.34 Å². The number of thiophene rings is 1. The molecule has 132 valence electrons. The molecule has 1 aliphatic rings. The zero-order valence-corrected chi connectivity index (χ0v) is 16.5. The topological polar surface area (TPSA) is 90.7 Å². The van der Waals surface area contributed by atoms with Gasteiger partial charge in [0.1, 0.15) is 11.1 Å². The molecule has 6 nitrogen and oxygen atoms in total. The maximum Gasteiger partial charge on any atom is 0.235 e. The van der Waals surface area contributed by atoms with Crippen LogP contribution in [-0.2, 0) is 17.6 Å². The smallest absolute Gasteiger partial charge is 0.235 e. The lowest BCUT2D eigenvalue weighted by molar-refractivity contribution is -0.113. The molecule has 1 aliphatic carbocycles. The molecule has 0 aromatic carbocycles. The molecule has 0 bridgehead atoms. The molecule has 0 spiro atoms. The van der Waals surface area contributed by atoms with E-state index in [1.54, 1.807) is 11.3 Å². The van der Waals surface area contributed by atoms with Gasteiger partial charge in [-0.05, 0) is 37.7 Å². The van der Waals surface area contributed by atoms with E-state index in [4.69, 9.17) is 0 Å². The van der Waals surface area contributed by atoms with Crippen molar-refractivity contribution in [1.29, 1.82) is 5.26 Å². The average molecular weight is 394 g/mol. The van der Waals surface area contributed by atoms with Crippen LogP contribution in [-0.4, -0.2) is 28.4 Å². The summed E-state index contributed by atoms with van der Waals surface area (Å²) in [5.74, 6) is 0.776. The number of nitrogens with zero attached hydrogens (tertiary/aromatic N) is 3. The highest BCUT2D eigenvalue weighted by molar-refractivity contribution is 8.01. The van der Waals surface area contributed by atoms with Crippen molar-refractivity contribution in [1.82, 2.24) is 10.2 Å². The summed E-state index contributed by atoms with van der Waals surface area (Å²) in [6.07, 6.45) is 3.03. The highest BCUT2D eigenvalue weighted by atomic mass is 32.2.